The molecule has 0 saturated heterocycles. The molecule has 4 nitrogen and oxygen atoms in total. The summed E-state index contributed by atoms with van der Waals surface area (Å²) in [6.45, 7) is 5.20. The molecule has 1 aromatic rings. The summed E-state index contributed by atoms with van der Waals surface area (Å²) in [7, 11) is -3.76. The van der Waals surface area contributed by atoms with E-state index >= 15 is 0 Å². The van der Waals surface area contributed by atoms with Crippen LogP contribution >= 0.6 is 11.6 Å². The van der Waals surface area contributed by atoms with Gasteiger partial charge in [0, 0.05) is 17.1 Å². The molecule has 0 spiro atoms. The number of halogens is 2. The highest BCUT2D eigenvalue weighted by molar-refractivity contribution is 7.88. The maximum atomic E-state index is 13.6. The van der Waals surface area contributed by atoms with Crippen molar-refractivity contribution < 1.29 is 17.9 Å². The molecule has 7 heteroatoms. The Bertz CT molecular complexity index is 590. The summed E-state index contributed by atoms with van der Waals surface area (Å²) < 4.78 is 39.9. The Morgan fingerprint density at radius 3 is 2.67 bits per heavy atom. The van der Waals surface area contributed by atoms with Crippen LogP contribution in [0.3, 0.4) is 0 Å². The van der Waals surface area contributed by atoms with Gasteiger partial charge in [-0.2, -0.15) is 0 Å². The molecule has 2 unspecified atom stereocenters. The van der Waals surface area contributed by atoms with Crippen LogP contribution in [0.4, 0.5) is 4.39 Å². The summed E-state index contributed by atoms with van der Waals surface area (Å²) >= 11 is 5.73. The van der Waals surface area contributed by atoms with Gasteiger partial charge in [-0.25, -0.2) is 17.5 Å². The molecule has 0 aliphatic carbocycles. The maximum absolute atomic E-state index is 13.6. The monoisotopic (exact) mass is 337 g/mol. The molecule has 1 rings (SSSR count). The van der Waals surface area contributed by atoms with Crippen LogP contribution in [0.15, 0.2) is 18.2 Å². The summed E-state index contributed by atoms with van der Waals surface area (Å²) in [5, 5.41) is 10.5. The van der Waals surface area contributed by atoms with Crippen molar-refractivity contribution in [2.75, 3.05) is 6.54 Å². The highest BCUT2D eigenvalue weighted by Gasteiger charge is 2.29. The first-order valence-electron chi connectivity index (χ1n) is 6.71. The van der Waals surface area contributed by atoms with Crippen LogP contribution in [0.5, 0.6) is 0 Å². The van der Waals surface area contributed by atoms with E-state index < -0.39 is 27.2 Å². The number of benzene rings is 1. The molecule has 0 heterocycles. The zero-order valence-corrected chi connectivity index (χ0v) is 13.9. The molecule has 0 bridgehead atoms. The molecular weight excluding hydrogens is 317 g/mol. The van der Waals surface area contributed by atoms with Crippen LogP contribution < -0.4 is 4.72 Å². The lowest BCUT2D eigenvalue weighted by molar-refractivity contribution is 0.0102. The Balaban J connectivity index is 2.77. The summed E-state index contributed by atoms with van der Waals surface area (Å²) in [5.74, 6) is -1.21. The van der Waals surface area contributed by atoms with Crippen molar-refractivity contribution in [3.63, 3.8) is 0 Å². The van der Waals surface area contributed by atoms with Gasteiger partial charge in [0.25, 0.3) is 0 Å². The molecule has 0 radical (unpaired) electrons. The molecule has 0 aromatic heterocycles. The Hall–Kier alpha value is -0.690. The third-order valence-corrected chi connectivity index (χ3v) is 5.19. The number of sulfonamides is 1. The molecule has 0 aliphatic rings. The van der Waals surface area contributed by atoms with Crippen molar-refractivity contribution >= 4 is 21.6 Å². The van der Waals surface area contributed by atoms with Crippen LogP contribution in [0, 0.1) is 11.7 Å². The van der Waals surface area contributed by atoms with E-state index in [1.807, 2.05) is 13.8 Å². The van der Waals surface area contributed by atoms with Gasteiger partial charge in [-0.1, -0.05) is 31.9 Å². The highest BCUT2D eigenvalue weighted by atomic mass is 35.5. The molecular formula is C14H21ClFNO3S. The van der Waals surface area contributed by atoms with Gasteiger partial charge in [-0.05, 0) is 31.0 Å². The predicted octanol–water partition coefficient (Wildman–Crippen LogP) is 2.70. The fraction of sp³-hybridized carbons (Fsp3) is 0.571. The second-order valence-electron chi connectivity index (χ2n) is 5.48. The first-order chi connectivity index (χ1) is 9.57. The average Bonchev–Trinajstić information content (AvgIpc) is 2.39. The lowest BCUT2D eigenvalue weighted by Gasteiger charge is -2.29. The molecule has 120 valence electrons. The zero-order chi connectivity index (χ0) is 16.3. The van der Waals surface area contributed by atoms with Gasteiger partial charge < -0.3 is 5.11 Å². The van der Waals surface area contributed by atoms with E-state index in [2.05, 4.69) is 4.72 Å². The molecule has 1 aromatic carbocycles. The molecule has 0 aliphatic heterocycles. The third kappa shape index (κ3) is 5.54. The SMILES string of the molecule is CCC(C)C(C)(O)CNS(=O)(=O)Cc1cc(Cl)ccc1F. The van der Waals surface area contributed by atoms with Gasteiger partial charge >= 0.3 is 0 Å². The normalized spacial score (nSPS) is 16.5. The van der Waals surface area contributed by atoms with E-state index in [0.717, 1.165) is 12.5 Å². The fourth-order valence-corrected chi connectivity index (χ4v) is 3.22. The molecule has 2 N–H and O–H groups in total. The van der Waals surface area contributed by atoms with Crippen molar-refractivity contribution in [2.24, 2.45) is 5.92 Å². The number of nitrogens with one attached hydrogen (secondary N) is 1. The van der Waals surface area contributed by atoms with Gasteiger partial charge in [0.2, 0.25) is 10.0 Å². The fourth-order valence-electron chi connectivity index (χ4n) is 1.78. The molecule has 0 fully saturated rings. The highest BCUT2D eigenvalue weighted by Crippen LogP contribution is 2.20. The molecule has 21 heavy (non-hydrogen) atoms. The van der Waals surface area contributed by atoms with E-state index in [9.17, 15) is 17.9 Å². The quantitative estimate of drug-likeness (QED) is 0.804. The van der Waals surface area contributed by atoms with Crippen LogP contribution in [0.1, 0.15) is 32.8 Å². The van der Waals surface area contributed by atoms with Gasteiger partial charge in [0.05, 0.1) is 11.4 Å². The third-order valence-electron chi connectivity index (χ3n) is 3.68. The van der Waals surface area contributed by atoms with Gasteiger partial charge in [0.15, 0.2) is 0 Å². The predicted molar refractivity (Wildman–Crippen MR) is 82.1 cm³/mol. The number of aliphatic hydroxyl groups is 1. The smallest absolute Gasteiger partial charge is 0.215 e. The topological polar surface area (TPSA) is 66.4 Å². The minimum absolute atomic E-state index is 0.00168. The molecule has 0 saturated carbocycles. The Kier molecular flexibility index (Phi) is 6.16. The van der Waals surface area contributed by atoms with Crippen LogP contribution in [0.25, 0.3) is 0 Å². The van der Waals surface area contributed by atoms with Crippen molar-refractivity contribution in [1.82, 2.24) is 4.72 Å². The van der Waals surface area contributed by atoms with Gasteiger partial charge in [-0.15, -0.1) is 0 Å². The molecule has 2 atom stereocenters. The second-order valence-corrected chi connectivity index (χ2v) is 7.73. The first-order valence-corrected chi connectivity index (χ1v) is 8.74. The summed E-state index contributed by atoms with van der Waals surface area (Å²) in [5.41, 5.74) is -1.16. The lowest BCUT2D eigenvalue weighted by Crippen LogP contribution is -2.45. The Morgan fingerprint density at radius 1 is 1.48 bits per heavy atom. The summed E-state index contributed by atoms with van der Waals surface area (Å²) in [6, 6.07) is 3.76. The minimum atomic E-state index is -3.76. The summed E-state index contributed by atoms with van der Waals surface area (Å²) in [4.78, 5) is 0. The van der Waals surface area contributed by atoms with Crippen molar-refractivity contribution in [3.8, 4) is 0 Å². The van der Waals surface area contributed by atoms with Gasteiger partial charge in [0.1, 0.15) is 5.82 Å². The van der Waals surface area contributed by atoms with Crippen LogP contribution in [0.2, 0.25) is 5.02 Å². The van der Waals surface area contributed by atoms with E-state index in [-0.39, 0.29) is 23.0 Å². The van der Waals surface area contributed by atoms with Crippen molar-refractivity contribution in [3.05, 3.63) is 34.6 Å². The van der Waals surface area contributed by atoms with Gasteiger partial charge in [-0.3, -0.25) is 0 Å². The first kappa shape index (κ1) is 18.4. The number of hydrogen-bond acceptors (Lipinski definition) is 3. The van der Waals surface area contributed by atoms with E-state index in [1.165, 1.54) is 12.1 Å². The largest absolute Gasteiger partial charge is 0.389 e. The van der Waals surface area contributed by atoms with Crippen molar-refractivity contribution in [2.45, 2.75) is 38.5 Å². The Labute approximate surface area is 130 Å². The Morgan fingerprint density at radius 2 is 2.10 bits per heavy atom. The maximum Gasteiger partial charge on any atom is 0.215 e. The summed E-state index contributed by atoms with van der Waals surface area (Å²) in [6.07, 6.45) is 0.720. The standard InChI is InChI=1S/C14H21ClFNO3S/c1-4-10(2)14(3,18)9-17-21(19,20)8-11-7-12(15)5-6-13(11)16/h5-7,10,17-18H,4,8-9H2,1-3H3. The van der Waals surface area contributed by atoms with Crippen LogP contribution in [-0.2, 0) is 15.8 Å². The molecule has 0 amide bonds. The second kappa shape index (κ2) is 7.05. The van der Waals surface area contributed by atoms with Crippen molar-refractivity contribution in [1.29, 1.82) is 0 Å². The lowest BCUT2D eigenvalue weighted by atomic mass is 9.89. The number of hydrogen-bond donors (Lipinski definition) is 2. The van der Waals surface area contributed by atoms with E-state index in [4.69, 9.17) is 11.6 Å². The van der Waals surface area contributed by atoms with Crippen LogP contribution in [-0.4, -0.2) is 25.7 Å². The minimum Gasteiger partial charge on any atom is -0.389 e. The average molecular weight is 338 g/mol. The van der Waals surface area contributed by atoms with E-state index in [0.29, 0.717) is 0 Å². The van der Waals surface area contributed by atoms with E-state index in [1.54, 1.807) is 6.92 Å². The zero-order valence-electron chi connectivity index (χ0n) is 12.4. The number of rotatable bonds is 7.